The zero-order chi connectivity index (χ0) is 13.1. The summed E-state index contributed by atoms with van der Waals surface area (Å²) in [5, 5.41) is 0. The summed E-state index contributed by atoms with van der Waals surface area (Å²) in [6.45, 7) is 16.7. The van der Waals surface area contributed by atoms with E-state index in [1.165, 1.54) is 0 Å². The maximum atomic E-state index is 11.5. The minimum absolute atomic E-state index is 0.184. The van der Waals surface area contributed by atoms with Gasteiger partial charge in [-0.1, -0.05) is 6.58 Å². The molecule has 0 spiro atoms. The van der Waals surface area contributed by atoms with Gasteiger partial charge in [-0.25, -0.2) is 4.79 Å². The number of hydrogen-bond donors (Lipinski definition) is 0. The molecular weight excluding hydrogens is 204 g/mol. The Morgan fingerprint density at radius 3 is 1.94 bits per heavy atom. The summed E-state index contributed by atoms with van der Waals surface area (Å²) in [5.41, 5.74) is -0.522. The molecule has 0 radical (unpaired) electrons. The second kappa shape index (κ2) is 5.00. The lowest BCUT2D eigenvalue weighted by Gasteiger charge is -2.35. The maximum absolute atomic E-state index is 11.5. The summed E-state index contributed by atoms with van der Waals surface area (Å²) in [5.74, 6) is -0.380. The first kappa shape index (κ1) is 15.2. The highest BCUT2D eigenvalue weighted by Crippen LogP contribution is 2.23. The molecule has 0 aliphatic carbocycles. The first-order valence-corrected chi connectivity index (χ1v) is 5.52. The number of carbonyl (C=O) groups is 1. The average molecular weight is 228 g/mol. The van der Waals surface area contributed by atoms with E-state index in [9.17, 15) is 4.79 Å². The van der Waals surface area contributed by atoms with Crippen LogP contribution < -0.4 is 0 Å². The fourth-order valence-corrected chi connectivity index (χ4v) is 1.08. The Bertz CT molecular complexity index is 271. The van der Waals surface area contributed by atoms with Gasteiger partial charge in [0.25, 0.3) is 0 Å². The van der Waals surface area contributed by atoms with Crippen LogP contribution in [0.3, 0.4) is 0 Å². The van der Waals surface area contributed by atoms with Crippen LogP contribution >= 0.6 is 0 Å². The molecule has 0 aliphatic heterocycles. The predicted molar refractivity (Wildman–Crippen MR) is 65.3 cm³/mol. The zero-order valence-corrected chi connectivity index (χ0v) is 11.5. The SMILES string of the molecule is C=C(C)C(=O)OC(C)(C)C(C)OC(C)(C)C. The van der Waals surface area contributed by atoms with E-state index in [4.69, 9.17) is 9.47 Å². The minimum Gasteiger partial charge on any atom is -0.454 e. The van der Waals surface area contributed by atoms with Crippen LogP contribution in [0.5, 0.6) is 0 Å². The number of carbonyl (C=O) groups excluding carboxylic acids is 1. The fraction of sp³-hybridized carbons (Fsp3) is 0.769. The minimum atomic E-state index is -0.663. The lowest BCUT2D eigenvalue weighted by molar-refractivity contribution is -0.179. The van der Waals surface area contributed by atoms with E-state index in [1.807, 2.05) is 41.5 Å². The molecule has 1 atom stereocenters. The van der Waals surface area contributed by atoms with Crippen LogP contribution in [0.15, 0.2) is 12.2 Å². The van der Waals surface area contributed by atoms with Gasteiger partial charge in [0, 0.05) is 5.57 Å². The zero-order valence-electron chi connectivity index (χ0n) is 11.5. The van der Waals surface area contributed by atoms with Crippen LogP contribution in [0, 0.1) is 0 Å². The molecule has 0 amide bonds. The quantitative estimate of drug-likeness (QED) is 0.548. The van der Waals surface area contributed by atoms with Crippen LogP contribution in [-0.2, 0) is 14.3 Å². The molecule has 3 heteroatoms. The largest absolute Gasteiger partial charge is 0.454 e. The molecule has 0 aromatic rings. The van der Waals surface area contributed by atoms with Crippen LogP contribution in [-0.4, -0.2) is 23.3 Å². The molecule has 0 aliphatic rings. The van der Waals surface area contributed by atoms with E-state index in [0.717, 1.165) is 0 Å². The molecule has 0 aromatic carbocycles. The smallest absolute Gasteiger partial charge is 0.333 e. The van der Waals surface area contributed by atoms with Crippen molar-refractivity contribution in [2.24, 2.45) is 0 Å². The number of rotatable bonds is 4. The lowest BCUT2D eigenvalue weighted by Crippen LogP contribution is -2.44. The molecule has 0 N–H and O–H groups in total. The van der Waals surface area contributed by atoms with Gasteiger partial charge in [0.2, 0.25) is 0 Å². The summed E-state index contributed by atoms with van der Waals surface area (Å²) in [7, 11) is 0. The summed E-state index contributed by atoms with van der Waals surface area (Å²) in [6.07, 6.45) is -0.184. The molecule has 0 saturated heterocycles. The van der Waals surface area contributed by atoms with Crippen molar-refractivity contribution < 1.29 is 14.3 Å². The summed E-state index contributed by atoms with van der Waals surface area (Å²) < 4.78 is 11.1. The van der Waals surface area contributed by atoms with E-state index in [-0.39, 0.29) is 17.7 Å². The molecule has 0 aromatic heterocycles. The second-order valence-electron chi connectivity index (χ2n) is 5.65. The normalized spacial score (nSPS) is 14.4. The van der Waals surface area contributed by atoms with Crippen molar-refractivity contribution in [2.75, 3.05) is 0 Å². The van der Waals surface area contributed by atoms with Gasteiger partial charge in [-0.05, 0) is 48.5 Å². The predicted octanol–water partition coefficient (Wildman–Crippen LogP) is 3.09. The molecule has 0 saturated carbocycles. The first-order chi connectivity index (χ1) is 6.96. The standard InChI is InChI=1S/C13H24O3/c1-9(2)11(14)16-13(7,8)10(3)15-12(4,5)6/h10H,1H2,2-8H3. The lowest BCUT2D eigenvalue weighted by atomic mass is 10.0. The first-order valence-electron chi connectivity index (χ1n) is 5.52. The Kier molecular flexibility index (Phi) is 4.74. The van der Waals surface area contributed by atoms with E-state index < -0.39 is 5.60 Å². The molecule has 94 valence electrons. The Morgan fingerprint density at radius 1 is 1.19 bits per heavy atom. The van der Waals surface area contributed by atoms with Crippen molar-refractivity contribution in [1.82, 2.24) is 0 Å². The van der Waals surface area contributed by atoms with Gasteiger partial charge in [-0.3, -0.25) is 0 Å². The average Bonchev–Trinajstić information content (AvgIpc) is 1.99. The van der Waals surface area contributed by atoms with Gasteiger partial charge in [0.05, 0.1) is 11.7 Å². The molecule has 0 bridgehead atoms. The van der Waals surface area contributed by atoms with Crippen LogP contribution in [0.4, 0.5) is 0 Å². The molecule has 0 fully saturated rings. The number of ether oxygens (including phenoxy) is 2. The monoisotopic (exact) mass is 228 g/mol. The van der Waals surface area contributed by atoms with Gasteiger partial charge in [-0.15, -0.1) is 0 Å². The van der Waals surface area contributed by atoms with E-state index in [1.54, 1.807) is 6.92 Å². The summed E-state index contributed by atoms with van der Waals surface area (Å²) in [6, 6.07) is 0. The van der Waals surface area contributed by atoms with Crippen molar-refractivity contribution in [2.45, 2.75) is 65.8 Å². The van der Waals surface area contributed by atoms with Crippen molar-refractivity contribution in [3.05, 3.63) is 12.2 Å². The highest BCUT2D eigenvalue weighted by atomic mass is 16.6. The topological polar surface area (TPSA) is 35.5 Å². The third-order valence-corrected chi connectivity index (χ3v) is 2.21. The van der Waals surface area contributed by atoms with Gasteiger partial charge in [-0.2, -0.15) is 0 Å². The fourth-order valence-electron chi connectivity index (χ4n) is 1.08. The molecule has 0 heterocycles. The number of hydrogen-bond acceptors (Lipinski definition) is 3. The van der Waals surface area contributed by atoms with Crippen LogP contribution in [0.25, 0.3) is 0 Å². The number of esters is 1. The van der Waals surface area contributed by atoms with Crippen LogP contribution in [0.1, 0.15) is 48.5 Å². The maximum Gasteiger partial charge on any atom is 0.333 e. The highest BCUT2D eigenvalue weighted by molar-refractivity contribution is 5.87. The summed E-state index contributed by atoms with van der Waals surface area (Å²) >= 11 is 0. The van der Waals surface area contributed by atoms with E-state index >= 15 is 0 Å². The Hall–Kier alpha value is -0.830. The van der Waals surface area contributed by atoms with E-state index in [2.05, 4.69) is 6.58 Å². The van der Waals surface area contributed by atoms with Gasteiger partial charge in [0.15, 0.2) is 0 Å². The Balaban J connectivity index is 4.54. The summed E-state index contributed by atoms with van der Waals surface area (Å²) in [4.78, 5) is 11.5. The third-order valence-electron chi connectivity index (χ3n) is 2.21. The van der Waals surface area contributed by atoms with Crippen molar-refractivity contribution in [3.8, 4) is 0 Å². The highest BCUT2D eigenvalue weighted by Gasteiger charge is 2.33. The molecular formula is C13H24O3. The van der Waals surface area contributed by atoms with Gasteiger partial charge in [0.1, 0.15) is 5.60 Å². The molecule has 0 rings (SSSR count). The van der Waals surface area contributed by atoms with Crippen molar-refractivity contribution >= 4 is 5.97 Å². The van der Waals surface area contributed by atoms with Crippen LogP contribution in [0.2, 0.25) is 0 Å². The van der Waals surface area contributed by atoms with Gasteiger partial charge < -0.3 is 9.47 Å². The van der Waals surface area contributed by atoms with E-state index in [0.29, 0.717) is 5.57 Å². The Morgan fingerprint density at radius 2 is 1.62 bits per heavy atom. The third kappa shape index (κ3) is 5.31. The van der Waals surface area contributed by atoms with Crippen molar-refractivity contribution in [3.63, 3.8) is 0 Å². The second-order valence-corrected chi connectivity index (χ2v) is 5.65. The van der Waals surface area contributed by atoms with Crippen molar-refractivity contribution in [1.29, 1.82) is 0 Å². The van der Waals surface area contributed by atoms with Gasteiger partial charge >= 0.3 is 5.97 Å². The molecule has 16 heavy (non-hydrogen) atoms. The molecule has 1 unspecified atom stereocenters. The molecule has 3 nitrogen and oxygen atoms in total. The Labute approximate surface area is 98.8 Å².